The molecule has 0 radical (unpaired) electrons. The van der Waals surface area contributed by atoms with Gasteiger partial charge in [0.2, 0.25) is 5.95 Å². The van der Waals surface area contributed by atoms with E-state index in [9.17, 15) is 22.0 Å². The molecular formula is C27H28F2N4O4S. The summed E-state index contributed by atoms with van der Waals surface area (Å²) in [6, 6.07) is 10.7. The first kappa shape index (κ1) is 26.0. The van der Waals surface area contributed by atoms with Gasteiger partial charge in [-0.3, -0.25) is 4.79 Å². The van der Waals surface area contributed by atoms with E-state index in [-0.39, 0.29) is 34.8 Å². The molecule has 2 aliphatic heterocycles. The van der Waals surface area contributed by atoms with Crippen molar-refractivity contribution in [2.45, 2.75) is 42.9 Å². The second kappa shape index (κ2) is 10.6. The molecule has 38 heavy (non-hydrogen) atoms. The fourth-order valence-corrected chi connectivity index (χ4v) is 6.67. The number of benzene rings is 2. The van der Waals surface area contributed by atoms with Gasteiger partial charge in [0.25, 0.3) is 0 Å². The highest BCUT2D eigenvalue weighted by Gasteiger charge is 2.32. The number of aryl methyl sites for hydroxylation is 1. The Hall–Kier alpha value is -3.60. The Morgan fingerprint density at radius 1 is 1.08 bits per heavy atom. The largest absolute Gasteiger partial charge is 0.469 e. The Balaban J connectivity index is 1.40. The van der Waals surface area contributed by atoms with Crippen molar-refractivity contribution in [3.8, 4) is 0 Å². The Labute approximate surface area is 220 Å². The van der Waals surface area contributed by atoms with Crippen LogP contribution in [0.15, 0.2) is 47.4 Å². The average molecular weight is 543 g/mol. The van der Waals surface area contributed by atoms with Gasteiger partial charge in [-0.15, -0.1) is 0 Å². The quantitative estimate of drug-likeness (QED) is 0.460. The summed E-state index contributed by atoms with van der Waals surface area (Å²) < 4.78 is 58.1. The predicted molar refractivity (Wildman–Crippen MR) is 138 cm³/mol. The van der Waals surface area contributed by atoms with Gasteiger partial charge < -0.3 is 15.0 Å². The van der Waals surface area contributed by atoms with E-state index in [1.54, 1.807) is 24.3 Å². The van der Waals surface area contributed by atoms with Gasteiger partial charge in [-0.2, -0.15) is 4.98 Å². The molecule has 1 saturated heterocycles. The van der Waals surface area contributed by atoms with Crippen molar-refractivity contribution in [2.24, 2.45) is 0 Å². The molecule has 8 nitrogen and oxygen atoms in total. The Kier molecular flexibility index (Phi) is 7.29. The zero-order valence-electron chi connectivity index (χ0n) is 20.9. The SMILES string of the molecule is COC(=O)Cc1ccc(Nc2nc(N3CCC(c4cc(F)cc(F)c4)CC3)nc3c2S(=O)(=O)CCC3)cc1. The standard InChI is InChI=1S/C27H28F2N4O4S/c1-37-24(34)13-17-4-6-22(7-5-17)30-26-25-23(3-2-12-38(25,35)36)31-27(32-26)33-10-8-18(9-11-33)19-14-20(28)16-21(29)15-19/h4-7,14-16,18H,2-3,8-13H2,1H3,(H,30,31,32). The van der Waals surface area contributed by atoms with Crippen molar-refractivity contribution in [3.05, 3.63) is 70.9 Å². The zero-order valence-corrected chi connectivity index (χ0v) is 21.7. The summed E-state index contributed by atoms with van der Waals surface area (Å²) in [6.07, 6.45) is 2.46. The fraction of sp³-hybridized carbons (Fsp3) is 0.370. The summed E-state index contributed by atoms with van der Waals surface area (Å²) in [7, 11) is -2.23. The first-order valence-corrected chi connectivity index (χ1v) is 14.1. The lowest BCUT2D eigenvalue weighted by Gasteiger charge is -2.33. The van der Waals surface area contributed by atoms with E-state index >= 15 is 0 Å². The minimum atomic E-state index is -3.56. The third-order valence-corrected chi connectivity index (χ3v) is 8.87. The maximum Gasteiger partial charge on any atom is 0.309 e. The van der Waals surface area contributed by atoms with Crippen molar-refractivity contribution in [1.29, 1.82) is 0 Å². The fourth-order valence-electron chi connectivity index (χ4n) is 5.04. The van der Waals surface area contributed by atoms with Crippen LogP contribution in [-0.2, 0) is 32.2 Å². The van der Waals surface area contributed by atoms with Crippen molar-refractivity contribution < 1.29 is 26.7 Å². The molecule has 3 aromatic rings. The first-order chi connectivity index (χ1) is 18.2. The molecule has 0 unspecified atom stereocenters. The third-order valence-electron chi connectivity index (χ3n) is 6.99. The van der Waals surface area contributed by atoms with E-state index < -0.39 is 21.5 Å². The summed E-state index contributed by atoms with van der Waals surface area (Å²) in [5.74, 6) is -0.834. The van der Waals surface area contributed by atoms with Gasteiger partial charge in [-0.25, -0.2) is 22.2 Å². The minimum absolute atomic E-state index is 0.00977. The number of aromatic nitrogens is 2. The highest BCUT2D eigenvalue weighted by Crippen LogP contribution is 2.35. The average Bonchev–Trinajstić information content (AvgIpc) is 2.88. The summed E-state index contributed by atoms with van der Waals surface area (Å²) in [5, 5.41) is 3.15. The lowest BCUT2D eigenvalue weighted by Crippen LogP contribution is -2.35. The summed E-state index contributed by atoms with van der Waals surface area (Å²) in [4.78, 5) is 22.9. The molecule has 200 valence electrons. The summed E-state index contributed by atoms with van der Waals surface area (Å²) >= 11 is 0. The molecule has 0 aliphatic carbocycles. The maximum absolute atomic E-state index is 13.7. The van der Waals surface area contributed by atoms with Crippen LogP contribution in [0.3, 0.4) is 0 Å². The number of piperidine rings is 1. The molecule has 1 aromatic heterocycles. The number of fused-ring (bicyclic) bond motifs is 1. The smallest absolute Gasteiger partial charge is 0.309 e. The van der Waals surface area contributed by atoms with Crippen LogP contribution in [0.2, 0.25) is 0 Å². The van der Waals surface area contributed by atoms with Gasteiger partial charge in [-0.05, 0) is 67.0 Å². The van der Waals surface area contributed by atoms with Crippen LogP contribution >= 0.6 is 0 Å². The number of methoxy groups -OCH3 is 1. The predicted octanol–water partition coefficient (Wildman–Crippen LogP) is 4.32. The molecule has 0 spiro atoms. The number of ether oxygens (including phenoxy) is 1. The van der Waals surface area contributed by atoms with E-state index in [1.807, 2.05) is 4.90 Å². The van der Waals surface area contributed by atoms with Crippen molar-refractivity contribution in [1.82, 2.24) is 9.97 Å². The summed E-state index contributed by atoms with van der Waals surface area (Å²) in [5.41, 5.74) is 2.51. The molecule has 3 heterocycles. The van der Waals surface area contributed by atoms with Crippen LogP contribution in [-0.4, -0.2) is 50.3 Å². The second-order valence-corrected chi connectivity index (χ2v) is 11.7. The molecule has 0 amide bonds. The highest BCUT2D eigenvalue weighted by atomic mass is 32.2. The molecule has 2 aromatic carbocycles. The number of sulfone groups is 1. The van der Waals surface area contributed by atoms with Gasteiger partial charge in [0.1, 0.15) is 16.5 Å². The number of nitrogens with one attached hydrogen (secondary N) is 1. The normalized spacial score (nSPS) is 17.1. The van der Waals surface area contributed by atoms with Crippen molar-refractivity contribution >= 4 is 33.3 Å². The van der Waals surface area contributed by atoms with Crippen LogP contribution in [0.4, 0.5) is 26.2 Å². The number of carbonyl (C=O) groups excluding carboxylic acids is 1. The molecular weight excluding hydrogens is 514 g/mol. The van der Waals surface area contributed by atoms with Crippen LogP contribution in [0.25, 0.3) is 0 Å². The van der Waals surface area contributed by atoms with Gasteiger partial charge in [0.15, 0.2) is 15.7 Å². The molecule has 0 atom stereocenters. The molecule has 0 bridgehead atoms. The third kappa shape index (κ3) is 5.62. The molecule has 11 heteroatoms. The number of carbonyl (C=O) groups is 1. The van der Waals surface area contributed by atoms with Crippen LogP contribution in [0, 0.1) is 11.6 Å². The Morgan fingerprint density at radius 3 is 2.42 bits per heavy atom. The van der Waals surface area contributed by atoms with E-state index in [4.69, 9.17) is 4.74 Å². The molecule has 5 rings (SSSR count). The molecule has 2 aliphatic rings. The van der Waals surface area contributed by atoms with Gasteiger partial charge in [0, 0.05) is 24.8 Å². The number of hydrogen-bond donors (Lipinski definition) is 1. The lowest BCUT2D eigenvalue weighted by molar-refractivity contribution is -0.139. The van der Waals surface area contributed by atoms with Gasteiger partial charge in [0.05, 0.1) is 25.0 Å². The summed E-state index contributed by atoms with van der Waals surface area (Å²) in [6.45, 7) is 1.13. The number of halogens is 2. The Bertz CT molecular complexity index is 1440. The first-order valence-electron chi connectivity index (χ1n) is 12.5. The van der Waals surface area contributed by atoms with Gasteiger partial charge in [-0.1, -0.05) is 12.1 Å². The van der Waals surface area contributed by atoms with Gasteiger partial charge >= 0.3 is 5.97 Å². The number of rotatable bonds is 6. The van der Waals surface area contributed by atoms with Crippen molar-refractivity contribution in [2.75, 3.05) is 36.2 Å². The van der Waals surface area contributed by atoms with E-state index in [1.165, 1.54) is 19.2 Å². The topological polar surface area (TPSA) is 101 Å². The molecule has 1 fully saturated rings. The van der Waals surface area contributed by atoms with E-state index in [0.29, 0.717) is 61.7 Å². The van der Waals surface area contributed by atoms with Crippen molar-refractivity contribution in [3.63, 3.8) is 0 Å². The Morgan fingerprint density at radius 2 is 1.76 bits per heavy atom. The number of nitrogens with zero attached hydrogens (tertiary/aromatic N) is 3. The van der Waals surface area contributed by atoms with E-state index in [2.05, 4.69) is 15.3 Å². The molecule has 0 saturated carbocycles. The number of hydrogen-bond acceptors (Lipinski definition) is 8. The van der Waals surface area contributed by atoms with Crippen LogP contribution < -0.4 is 10.2 Å². The monoisotopic (exact) mass is 542 g/mol. The lowest BCUT2D eigenvalue weighted by atomic mass is 9.89. The second-order valence-electron chi connectivity index (χ2n) is 9.61. The number of anilines is 3. The minimum Gasteiger partial charge on any atom is -0.469 e. The van der Waals surface area contributed by atoms with Crippen LogP contribution in [0.5, 0.6) is 0 Å². The highest BCUT2D eigenvalue weighted by molar-refractivity contribution is 7.91. The van der Waals surface area contributed by atoms with E-state index in [0.717, 1.165) is 11.6 Å². The maximum atomic E-state index is 13.7. The zero-order chi connectivity index (χ0) is 26.9. The van der Waals surface area contributed by atoms with Crippen LogP contribution in [0.1, 0.15) is 42.0 Å². The number of esters is 1. The molecule has 1 N–H and O–H groups in total.